The lowest BCUT2D eigenvalue weighted by Crippen LogP contribution is -2.29. The fourth-order valence-corrected chi connectivity index (χ4v) is 8.48. The molecule has 24 nitrogen and oxygen atoms in total. The number of hydrogen-bond donors (Lipinski definition) is 7. The van der Waals surface area contributed by atoms with E-state index in [0.717, 1.165) is 6.07 Å². The molecule has 0 aliphatic carbocycles. The van der Waals surface area contributed by atoms with E-state index in [-0.39, 0.29) is 28.1 Å². The van der Waals surface area contributed by atoms with E-state index in [1.807, 2.05) is 0 Å². The number of nitrogens with zero attached hydrogens (tertiary/aromatic N) is 6. The third-order valence-electron chi connectivity index (χ3n) is 7.65. The Balaban J connectivity index is 1.58. The zero-order valence-electron chi connectivity index (χ0n) is 29.1. The maximum atomic E-state index is 12.7. The van der Waals surface area contributed by atoms with Gasteiger partial charge in [-0.3, -0.25) is 18.2 Å². The van der Waals surface area contributed by atoms with Crippen LogP contribution in [0.25, 0.3) is 10.8 Å². The number of nitrogen functional groups attached to an aromatic ring is 1. The van der Waals surface area contributed by atoms with E-state index in [9.17, 15) is 60.9 Å². The number of fused-ring (bicyclic) bond motifs is 1. The zero-order chi connectivity index (χ0) is 43.7. The molecule has 1 heterocycles. The molecule has 0 saturated heterocycles. The molecule has 0 aliphatic heterocycles. The summed E-state index contributed by atoms with van der Waals surface area (Å²) in [7, 11) is -24.5. The molecule has 30 heteroatoms. The van der Waals surface area contributed by atoms with E-state index in [1.165, 1.54) is 29.2 Å². The van der Waals surface area contributed by atoms with Gasteiger partial charge in [0, 0.05) is 18.3 Å². The Morgan fingerprint density at radius 3 is 2.03 bits per heavy atom. The van der Waals surface area contributed by atoms with Gasteiger partial charge in [-0.25, -0.2) is 12.6 Å². The van der Waals surface area contributed by atoms with Gasteiger partial charge in [0.1, 0.15) is 26.9 Å². The number of para-hydroxylation sites is 1. The minimum Gasteiger partial charge on any atom is -0.507 e. The molecule has 0 aliphatic rings. The van der Waals surface area contributed by atoms with Crippen molar-refractivity contribution in [1.29, 1.82) is 0 Å². The van der Waals surface area contributed by atoms with Gasteiger partial charge in [0.05, 0.1) is 39.8 Å². The Bertz CT molecular complexity index is 3070. The van der Waals surface area contributed by atoms with Crippen molar-refractivity contribution in [3.05, 3.63) is 72.0 Å². The first-order valence-electron chi connectivity index (χ1n) is 15.6. The number of nitrogens with one attached hydrogen (secondary N) is 1. The van der Waals surface area contributed by atoms with Crippen LogP contribution < -0.4 is 16.0 Å². The number of hydrogen-bond acceptors (Lipinski definition) is 20. The summed E-state index contributed by atoms with van der Waals surface area (Å²) in [6.45, 7) is -1.33. The van der Waals surface area contributed by atoms with Crippen LogP contribution in [0.1, 0.15) is 0 Å². The van der Waals surface area contributed by atoms with Crippen LogP contribution in [0, 0.1) is 0 Å². The molecule has 5 aromatic rings. The van der Waals surface area contributed by atoms with Crippen molar-refractivity contribution in [3.63, 3.8) is 0 Å². The Morgan fingerprint density at radius 2 is 1.42 bits per heavy atom. The van der Waals surface area contributed by atoms with Crippen molar-refractivity contribution in [1.82, 2.24) is 15.0 Å². The van der Waals surface area contributed by atoms with Gasteiger partial charge in [-0.1, -0.05) is 24.3 Å². The SMILES string of the molecule is Nc1ccc2cc(S(=O)(=O)O)cc(O)c2c1N=Nc1cc(S(=O)(=O)O)c(Nc2nc(Cl)nc(N(CCS(=O)(=O)CCOS(=O)(=O)O)c3ccccc3)n2)cc1S(=O)(=O)O. The molecular weight excluding hydrogens is 912 g/mol. The highest BCUT2D eigenvalue weighted by Gasteiger charge is 2.27. The van der Waals surface area contributed by atoms with Gasteiger partial charge in [-0.15, -0.1) is 10.2 Å². The van der Waals surface area contributed by atoms with E-state index in [4.69, 9.17) is 21.9 Å². The predicted molar refractivity (Wildman–Crippen MR) is 208 cm³/mol. The van der Waals surface area contributed by atoms with Gasteiger partial charge >= 0.3 is 10.4 Å². The summed E-state index contributed by atoms with van der Waals surface area (Å²) in [4.78, 5) is 10.2. The third kappa shape index (κ3) is 11.5. The normalized spacial score (nSPS) is 12.9. The molecule has 0 fully saturated rings. The monoisotopic (exact) mass is 938 g/mol. The Morgan fingerprint density at radius 1 is 0.763 bits per heavy atom. The molecule has 0 saturated carbocycles. The van der Waals surface area contributed by atoms with Crippen LogP contribution in [-0.4, -0.2) is 105 Å². The molecule has 0 unspecified atom stereocenters. The largest absolute Gasteiger partial charge is 0.507 e. The number of halogens is 1. The number of aromatic hydroxyl groups is 1. The fourth-order valence-electron chi connectivity index (χ4n) is 5.11. The number of benzene rings is 4. The maximum absolute atomic E-state index is 12.7. The fraction of sp³-hybridized carbons (Fsp3) is 0.138. The first-order chi connectivity index (χ1) is 27.2. The molecule has 0 amide bonds. The first kappa shape index (κ1) is 44.9. The number of rotatable bonds is 16. The lowest BCUT2D eigenvalue weighted by atomic mass is 10.1. The van der Waals surface area contributed by atoms with Crippen LogP contribution in [0.2, 0.25) is 5.28 Å². The molecule has 0 spiro atoms. The van der Waals surface area contributed by atoms with Gasteiger partial charge in [0.25, 0.3) is 30.4 Å². The lowest BCUT2D eigenvalue weighted by molar-refractivity contribution is 0.284. The smallest absolute Gasteiger partial charge is 0.397 e. The van der Waals surface area contributed by atoms with Gasteiger partial charge < -0.3 is 21.1 Å². The van der Waals surface area contributed by atoms with Crippen molar-refractivity contribution in [3.8, 4) is 5.75 Å². The molecular formula is C29H27ClN8O16S5. The second kappa shape index (κ2) is 16.8. The van der Waals surface area contributed by atoms with Crippen molar-refractivity contribution >= 4 is 113 Å². The first-order valence-corrected chi connectivity index (χ1v) is 23.5. The summed E-state index contributed by atoms with van der Waals surface area (Å²) >= 11 is 6.16. The van der Waals surface area contributed by atoms with Crippen molar-refractivity contribution in [2.75, 3.05) is 40.6 Å². The van der Waals surface area contributed by atoms with Gasteiger partial charge in [0.15, 0.2) is 9.84 Å². The summed E-state index contributed by atoms with van der Waals surface area (Å²) in [6, 6.07) is 12.7. The quantitative estimate of drug-likeness (QED) is 0.0424. The van der Waals surface area contributed by atoms with E-state index < -0.39 is 124 Å². The minimum atomic E-state index is -5.35. The van der Waals surface area contributed by atoms with Crippen molar-refractivity contribution in [2.45, 2.75) is 14.7 Å². The maximum Gasteiger partial charge on any atom is 0.397 e. The molecule has 0 bridgehead atoms. The lowest BCUT2D eigenvalue weighted by Gasteiger charge is -2.23. The molecule has 8 N–H and O–H groups in total. The number of anilines is 5. The van der Waals surface area contributed by atoms with Crippen LogP contribution in [-0.2, 0) is 54.8 Å². The van der Waals surface area contributed by atoms with E-state index in [2.05, 4.69) is 34.7 Å². The number of nitrogens with two attached hydrogens (primary N) is 1. The molecule has 1 aromatic heterocycles. The van der Waals surface area contributed by atoms with Crippen LogP contribution >= 0.6 is 11.6 Å². The van der Waals surface area contributed by atoms with E-state index in [0.29, 0.717) is 18.2 Å². The summed E-state index contributed by atoms with van der Waals surface area (Å²) in [5.41, 5.74) is 3.89. The van der Waals surface area contributed by atoms with E-state index >= 15 is 0 Å². The summed E-state index contributed by atoms with van der Waals surface area (Å²) in [6.07, 6.45) is 0. The minimum absolute atomic E-state index is 0.0536. The van der Waals surface area contributed by atoms with Crippen LogP contribution in [0.15, 0.2) is 91.6 Å². The van der Waals surface area contributed by atoms with Gasteiger partial charge in [-0.2, -0.15) is 48.6 Å². The number of sulfone groups is 1. The Labute approximate surface area is 339 Å². The highest BCUT2D eigenvalue weighted by molar-refractivity contribution is 7.91. The molecule has 0 atom stereocenters. The second-order valence-electron chi connectivity index (χ2n) is 11.7. The number of phenolic OH excluding ortho intramolecular Hbond substituents is 1. The van der Waals surface area contributed by atoms with Crippen LogP contribution in [0.5, 0.6) is 5.75 Å². The van der Waals surface area contributed by atoms with Gasteiger partial charge in [0.2, 0.25) is 17.2 Å². The van der Waals surface area contributed by atoms with Crippen LogP contribution in [0.4, 0.5) is 40.3 Å². The number of azo groups is 1. The number of aromatic nitrogens is 3. The Hall–Kier alpha value is -5.21. The van der Waals surface area contributed by atoms with Crippen molar-refractivity contribution in [2.24, 2.45) is 10.2 Å². The highest BCUT2D eigenvalue weighted by atomic mass is 35.5. The average molecular weight is 939 g/mol. The zero-order valence-corrected chi connectivity index (χ0v) is 33.9. The second-order valence-corrected chi connectivity index (χ2v) is 19.7. The molecule has 0 radical (unpaired) electrons. The summed E-state index contributed by atoms with van der Waals surface area (Å²) in [5.74, 6) is -3.30. The predicted octanol–water partition coefficient (Wildman–Crippen LogP) is 3.24. The summed E-state index contributed by atoms with van der Waals surface area (Å²) in [5, 5.41) is 19.6. The number of phenols is 1. The molecule has 5 rings (SSSR count). The Kier molecular flexibility index (Phi) is 12.8. The summed E-state index contributed by atoms with van der Waals surface area (Å²) < 4.78 is 164. The topological polar surface area (TPSA) is 386 Å². The standard InChI is InChI=1S/C29H27ClN8O16S5/c30-27-33-28(35-29(34-27)38(17-4-2-1-3-5-17)8-10-55(40,41)11-9-54-59(51,52)53)32-20-14-24(58(48,49)50)21(15-23(20)57(45,46)47)36-37-26-19(31)7-6-16-12-18(56(42,43)44)13-22(39)25(16)26/h1-7,12-15,39H,8-11,31H2,(H,42,43,44)(H,45,46,47)(H,48,49,50)(H,51,52,53)(H,32,33,34,35). The van der Waals surface area contributed by atoms with E-state index in [1.54, 1.807) is 18.2 Å². The van der Waals surface area contributed by atoms with Crippen molar-refractivity contribution < 1.29 is 69.6 Å². The van der Waals surface area contributed by atoms with Gasteiger partial charge in [-0.05, 0) is 53.4 Å². The molecule has 4 aromatic carbocycles. The third-order valence-corrected chi connectivity index (χ3v) is 12.5. The van der Waals surface area contributed by atoms with Crippen LogP contribution in [0.3, 0.4) is 0 Å². The molecule has 316 valence electrons. The highest BCUT2D eigenvalue weighted by Crippen LogP contribution is 2.42. The average Bonchev–Trinajstić information content (AvgIpc) is 3.10. The molecule has 59 heavy (non-hydrogen) atoms.